The van der Waals surface area contributed by atoms with Crippen molar-refractivity contribution in [2.75, 3.05) is 13.1 Å². The molecule has 5 heteroatoms. The number of hydrogen-bond donors (Lipinski definition) is 2. The number of aromatic nitrogens is 1. The summed E-state index contributed by atoms with van der Waals surface area (Å²) in [5.41, 5.74) is 1.18. The van der Waals surface area contributed by atoms with Crippen molar-refractivity contribution in [3.05, 3.63) is 65.7 Å². The number of piperidine rings is 1. The number of halogens is 1. The number of carbonyl (C=O) groups excluding carboxylic acids is 1. The van der Waals surface area contributed by atoms with E-state index in [2.05, 4.69) is 15.6 Å². The third kappa shape index (κ3) is 4.88. The normalized spacial score (nSPS) is 16.8. The largest absolute Gasteiger partial charge is 0.343 e. The number of nitrogens with zero attached hydrogens (tertiary/aromatic N) is 1. The van der Waals surface area contributed by atoms with Crippen LogP contribution < -0.4 is 10.6 Å². The van der Waals surface area contributed by atoms with Gasteiger partial charge in [-0.15, -0.1) is 0 Å². The average molecular weight is 357 g/mol. The van der Waals surface area contributed by atoms with Gasteiger partial charge < -0.3 is 10.6 Å². The molecule has 140 valence electrons. The van der Waals surface area contributed by atoms with Crippen LogP contribution in [0, 0.1) is 11.2 Å². The molecule has 2 heterocycles. The highest BCUT2D eigenvalue weighted by molar-refractivity contribution is 5.83. The van der Waals surface area contributed by atoms with E-state index in [1.54, 1.807) is 18.3 Å². The minimum absolute atomic E-state index is 0.0176. The minimum atomic E-state index is -0.391. The molecular weight excluding hydrogens is 329 g/mol. The van der Waals surface area contributed by atoms with Crippen LogP contribution in [0.15, 0.2) is 48.7 Å². The maximum Gasteiger partial charge on any atom is 0.226 e. The number of hydrogen-bond acceptors (Lipinski definition) is 3. The number of pyridine rings is 1. The van der Waals surface area contributed by atoms with Gasteiger partial charge in [-0.2, -0.15) is 0 Å². The minimum Gasteiger partial charge on any atom is -0.343 e. The van der Waals surface area contributed by atoms with Gasteiger partial charge in [0.05, 0.1) is 11.7 Å². The van der Waals surface area contributed by atoms with Crippen molar-refractivity contribution in [2.45, 2.75) is 39.7 Å². The quantitative estimate of drug-likeness (QED) is 0.874. The highest BCUT2D eigenvalue weighted by atomic mass is 19.1. The molecule has 0 spiro atoms. The predicted molar refractivity (Wildman–Crippen MR) is 102 cm³/mol. The van der Waals surface area contributed by atoms with Crippen LogP contribution in [0.2, 0.25) is 0 Å². The van der Waals surface area contributed by atoms with E-state index in [4.69, 9.17) is 0 Å². The smallest absolute Gasteiger partial charge is 0.226 e. The second-order valence-electron chi connectivity index (χ2n) is 6.52. The number of amides is 1. The lowest BCUT2D eigenvalue weighted by Crippen LogP contribution is -2.47. The van der Waals surface area contributed by atoms with Crippen molar-refractivity contribution in [2.24, 2.45) is 5.41 Å². The lowest BCUT2D eigenvalue weighted by Gasteiger charge is -2.34. The van der Waals surface area contributed by atoms with Gasteiger partial charge >= 0.3 is 0 Å². The Kier molecular flexibility index (Phi) is 7.27. The van der Waals surface area contributed by atoms with E-state index in [1.807, 2.05) is 39.0 Å². The van der Waals surface area contributed by atoms with Gasteiger partial charge in [0.15, 0.2) is 0 Å². The Hall–Kier alpha value is -2.27. The van der Waals surface area contributed by atoms with Crippen LogP contribution in [0.4, 0.5) is 4.39 Å². The molecule has 1 aliphatic rings. The molecule has 1 fully saturated rings. The molecule has 1 aromatic heterocycles. The molecule has 0 radical (unpaired) electrons. The molecule has 3 rings (SSSR count). The first-order chi connectivity index (χ1) is 12.6. The summed E-state index contributed by atoms with van der Waals surface area (Å²) in [5, 5.41) is 6.41. The number of rotatable bonds is 4. The van der Waals surface area contributed by atoms with Gasteiger partial charge in [0, 0.05) is 11.6 Å². The summed E-state index contributed by atoms with van der Waals surface area (Å²) < 4.78 is 13.3. The SMILES string of the molecule is CC.CC1(C(=O)NC(c2ccc(F)cc2)c2ccccn2)CCNCC1. The molecular formula is C21H28FN3O. The summed E-state index contributed by atoms with van der Waals surface area (Å²) in [6.07, 6.45) is 3.30. The molecule has 0 aliphatic carbocycles. The third-order valence-electron chi connectivity index (χ3n) is 4.72. The number of benzene rings is 1. The van der Waals surface area contributed by atoms with Gasteiger partial charge in [-0.25, -0.2) is 4.39 Å². The molecule has 1 aliphatic heterocycles. The Morgan fingerprint density at radius 1 is 1.15 bits per heavy atom. The first kappa shape index (κ1) is 20.0. The molecule has 1 amide bonds. The van der Waals surface area contributed by atoms with Crippen LogP contribution in [-0.2, 0) is 4.79 Å². The highest BCUT2D eigenvalue weighted by Crippen LogP contribution is 2.30. The topological polar surface area (TPSA) is 54.0 Å². The molecule has 0 bridgehead atoms. The Morgan fingerprint density at radius 3 is 2.38 bits per heavy atom. The first-order valence-corrected chi connectivity index (χ1v) is 9.27. The molecule has 2 N–H and O–H groups in total. The molecule has 26 heavy (non-hydrogen) atoms. The van der Waals surface area contributed by atoms with Crippen LogP contribution in [0.1, 0.15) is 50.9 Å². The maximum atomic E-state index is 13.3. The van der Waals surface area contributed by atoms with Gasteiger partial charge in [0.2, 0.25) is 5.91 Å². The van der Waals surface area contributed by atoms with Gasteiger partial charge in [0.1, 0.15) is 5.82 Å². The molecule has 2 aromatic rings. The van der Waals surface area contributed by atoms with Gasteiger partial charge in [-0.1, -0.05) is 39.0 Å². The second-order valence-corrected chi connectivity index (χ2v) is 6.52. The fraction of sp³-hybridized carbons (Fsp3) is 0.429. The van der Waals surface area contributed by atoms with E-state index in [0.29, 0.717) is 0 Å². The van der Waals surface area contributed by atoms with Crippen molar-refractivity contribution in [3.63, 3.8) is 0 Å². The monoisotopic (exact) mass is 357 g/mol. The van der Waals surface area contributed by atoms with E-state index >= 15 is 0 Å². The Bertz CT molecular complexity index is 682. The lowest BCUT2D eigenvalue weighted by molar-refractivity contribution is -0.132. The standard InChI is InChI=1S/C19H22FN3O.C2H6/c1-19(9-12-21-13-10-19)18(24)23-17(16-4-2-3-11-22-16)14-5-7-15(20)8-6-14;1-2/h2-8,11,17,21H,9-10,12-13H2,1H3,(H,23,24);1-2H3. The average Bonchev–Trinajstić information content (AvgIpc) is 2.69. The summed E-state index contributed by atoms with van der Waals surface area (Å²) in [6, 6.07) is 11.4. The molecule has 1 saturated heterocycles. The van der Waals surface area contributed by atoms with Crippen LogP contribution in [-0.4, -0.2) is 24.0 Å². The molecule has 1 unspecified atom stereocenters. The maximum absolute atomic E-state index is 13.3. The van der Waals surface area contributed by atoms with Crippen LogP contribution >= 0.6 is 0 Å². The molecule has 0 saturated carbocycles. The van der Waals surface area contributed by atoms with E-state index in [-0.39, 0.29) is 17.8 Å². The van der Waals surface area contributed by atoms with Crippen molar-refractivity contribution in [1.82, 2.24) is 15.6 Å². The Balaban J connectivity index is 0.00000117. The summed E-state index contributed by atoms with van der Waals surface area (Å²) in [4.78, 5) is 17.3. The van der Waals surface area contributed by atoms with Crippen LogP contribution in [0.25, 0.3) is 0 Å². The zero-order valence-electron chi connectivity index (χ0n) is 15.8. The second kappa shape index (κ2) is 9.43. The number of nitrogens with one attached hydrogen (secondary N) is 2. The van der Waals surface area contributed by atoms with Crippen molar-refractivity contribution in [1.29, 1.82) is 0 Å². The van der Waals surface area contributed by atoms with Crippen LogP contribution in [0.3, 0.4) is 0 Å². The third-order valence-corrected chi connectivity index (χ3v) is 4.72. The van der Waals surface area contributed by atoms with Crippen molar-refractivity contribution < 1.29 is 9.18 Å². The fourth-order valence-corrected chi connectivity index (χ4v) is 3.04. The zero-order valence-corrected chi connectivity index (χ0v) is 15.8. The van der Waals surface area contributed by atoms with E-state index < -0.39 is 5.41 Å². The van der Waals surface area contributed by atoms with E-state index in [9.17, 15) is 9.18 Å². The van der Waals surface area contributed by atoms with Gasteiger partial charge in [0.25, 0.3) is 0 Å². The fourth-order valence-electron chi connectivity index (χ4n) is 3.04. The molecule has 4 nitrogen and oxygen atoms in total. The summed E-state index contributed by atoms with van der Waals surface area (Å²) in [6.45, 7) is 7.69. The van der Waals surface area contributed by atoms with Gasteiger partial charge in [-0.05, 0) is 55.8 Å². The van der Waals surface area contributed by atoms with Gasteiger partial charge in [-0.3, -0.25) is 9.78 Å². The zero-order chi connectivity index (χ0) is 19.0. The van der Waals surface area contributed by atoms with Crippen molar-refractivity contribution in [3.8, 4) is 0 Å². The summed E-state index contributed by atoms with van der Waals surface area (Å²) in [7, 11) is 0. The number of carbonyl (C=O) groups is 1. The lowest BCUT2D eigenvalue weighted by atomic mass is 9.79. The molecule has 1 aromatic carbocycles. The van der Waals surface area contributed by atoms with E-state index in [1.165, 1.54) is 12.1 Å². The van der Waals surface area contributed by atoms with Crippen LogP contribution in [0.5, 0.6) is 0 Å². The van der Waals surface area contributed by atoms with E-state index in [0.717, 1.165) is 37.2 Å². The predicted octanol–water partition coefficient (Wildman–Crippen LogP) is 3.84. The summed E-state index contributed by atoms with van der Waals surface area (Å²) in [5.74, 6) is -0.279. The Labute approximate surface area is 155 Å². The summed E-state index contributed by atoms with van der Waals surface area (Å²) >= 11 is 0. The molecule has 1 atom stereocenters. The first-order valence-electron chi connectivity index (χ1n) is 9.27. The van der Waals surface area contributed by atoms with Crippen molar-refractivity contribution >= 4 is 5.91 Å². The highest BCUT2D eigenvalue weighted by Gasteiger charge is 2.36. The Morgan fingerprint density at radius 2 is 1.81 bits per heavy atom.